The summed E-state index contributed by atoms with van der Waals surface area (Å²) in [5, 5.41) is 0. The minimum absolute atomic E-state index is 0.899. The van der Waals surface area contributed by atoms with Crippen LogP contribution < -0.4 is 0 Å². The van der Waals surface area contributed by atoms with Crippen molar-refractivity contribution in [2.24, 2.45) is 0 Å². The zero-order valence-electron chi connectivity index (χ0n) is 6.90. The summed E-state index contributed by atoms with van der Waals surface area (Å²) in [5.41, 5.74) is 1.96. The highest BCUT2D eigenvalue weighted by Crippen LogP contribution is 2.08. The first-order valence-electron chi connectivity index (χ1n) is 3.75. The summed E-state index contributed by atoms with van der Waals surface area (Å²) in [6.07, 6.45) is 9.06. The smallest absolute Gasteiger partial charge is 0.0696 e. The van der Waals surface area contributed by atoms with Crippen LogP contribution in [0, 0.1) is 0 Å². The van der Waals surface area contributed by atoms with E-state index in [1.807, 2.05) is 24.3 Å². The lowest BCUT2D eigenvalue weighted by Crippen LogP contribution is -1.83. The molecule has 1 heterocycles. The first-order chi connectivity index (χ1) is 5.88. The minimum Gasteiger partial charge on any atom is -0.256 e. The van der Waals surface area contributed by atoms with Crippen LogP contribution in [0.15, 0.2) is 43.6 Å². The second-order valence-electron chi connectivity index (χ2n) is 2.28. The molecule has 0 N–H and O–H groups in total. The second-order valence-corrected chi connectivity index (χ2v) is 2.28. The molecule has 60 valence electrons. The van der Waals surface area contributed by atoms with Crippen molar-refractivity contribution in [3.63, 3.8) is 0 Å². The van der Waals surface area contributed by atoms with Gasteiger partial charge in [-0.1, -0.05) is 37.5 Å². The van der Waals surface area contributed by atoms with Gasteiger partial charge in [0, 0.05) is 11.8 Å². The number of hydrogen-bond donors (Lipinski definition) is 0. The van der Waals surface area contributed by atoms with Gasteiger partial charge in [-0.2, -0.15) is 0 Å². The third-order valence-electron chi connectivity index (χ3n) is 1.48. The molecule has 1 heteroatoms. The standard InChI is InChI=1S/C11H11N/c1-3-5-7-10-8-6-9-12-11(10)4-2/h3-9H,1-2H2. The topological polar surface area (TPSA) is 12.9 Å². The van der Waals surface area contributed by atoms with E-state index in [1.54, 1.807) is 18.3 Å². The van der Waals surface area contributed by atoms with Crippen LogP contribution in [0.2, 0.25) is 0 Å². The van der Waals surface area contributed by atoms with Crippen molar-refractivity contribution < 1.29 is 0 Å². The Balaban J connectivity index is 3.04. The number of allylic oxidation sites excluding steroid dienone is 2. The number of pyridine rings is 1. The van der Waals surface area contributed by atoms with Gasteiger partial charge in [0.15, 0.2) is 0 Å². The number of hydrogen-bond acceptors (Lipinski definition) is 1. The number of aromatic nitrogens is 1. The Kier molecular flexibility index (Phi) is 3.03. The zero-order chi connectivity index (χ0) is 8.81. The van der Waals surface area contributed by atoms with E-state index in [0.717, 1.165) is 11.3 Å². The molecule has 0 amide bonds. The molecule has 0 aliphatic carbocycles. The summed E-state index contributed by atoms with van der Waals surface area (Å²) in [6.45, 7) is 7.28. The Hall–Kier alpha value is -1.63. The van der Waals surface area contributed by atoms with E-state index in [9.17, 15) is 0 Å². The van der Waals surface area contributed by atoms with Crippen LogP contribution in [0.1, 0.15) is 11.3 Å². The van der Waals surface area contributed by atoms with E-state index >= 15 is 0 Å². The molecule has 0 spiro atoms. The average molecular weight is 157 g/mol. The predicted molar refractivity (Wildman–Crippen MR) is 53.6 cm³/mol. The SMILES string of the molecule is C=CC=Cc1cccnc1C=C. The van der Waals surface area contributed by atoms with Gasteiger partial charge in [0.05, 0.1) is 5.69 Å². The fourth-order valence-corrected chi connectivity index (χ4v) is 0.913. The normalized spacial score (nSPS) is 10.0. The third-order valence-corrected chi connectivity index (χ3v) is 1.48. The highest BCUT2D eigenvalue weighted by Gasteiger charge is 1.92. The molecule has 0 atom stereocenters. The van der Waals surface area contributed by atoms with E-state index in [0.29, 0.717) is 0 Å². The van der Waals surface area contributed by atoms with Crippen molar-refractivity contribution in [1.82, 2.24) is 4.98 Å². The molecule has 0 aliphatic heterocycles. The van der Waals surface area contributed by atoms with Gasteiger partial charge in [0.25, 0.3) is 0 Å². The average Bonchev–Trinajstić information content (AvgIpc) is 2.15. The quantitative estimate of drug-likeness (QED) is 0.615. The fourth-order valence-electron chi connectivity index (χ4n) is 0.913. The van der Waals surface area contributed by atoms with Gasteiger partial charge in [-0.05, 0) is 12.1 Å². The summed E-state index contributed by atoms with van der Waals surface area (Å²) in [6, 6.07) is 3.89. The monoisotopic (exact) mass is 157 g/mol. The Labute approximate surface area is 72.8 Å². The minimum atomic E-state index is 0.899. The largest absolute Gasteiger partial charge is 0.256 e. The van der Waals surface area contributed by atoms with E-state index in [-0.39, 0.29) is 0 Å². The van der Waals surface area contributed by atoms with Crippen molar-refractivity contribution >= 4 is 12.2 Å². The van der Waals surface area contributed by atoms with Gasteiger partial charge in [-0.25, -0.2) is 0 Å². The molecule has 0 unspecified atom stereocenters. The Bertz CT molecular complexity index is 311. The maximum atomic E-state index is 4.15. The molecular formula is C11H11N. The Morgan fingerprint density at radius 2 is 2.17 bits per heavy atom. The first kappa shape index (κ1) is 8.47. The van der Waals surface area contributed by atoms with Crippen LogP contribution in [0.4, 0.5) is 0 Å². The highest BCUT2D eigenvalue weighted by atomic mass is 14.7. The Morgan fingerprint density at radius 1 is 1.33 bits per heavy atom. The van der Waals surface area contributed by atoms with Crippen LogP contribution >= 0.6 is 0 Å². The van der Waals surface area contributed by atoms with Crippen molar-refractivity contribution in [3.8, 4) is 0 Å². The van der Waals surface area contributed by atoms with E-state index in [4.69, 9.17) is 0 Å². The molecular weight excluding hydrogens is 146 g/mol. The van der Waals surface area contributed by atoms with E-state index < -0.39 is 0 Å². The maximum absolute atomic E-state index is 4.15. The lowest BCUT2D eigenvalue weighted by atomic mass is 10.2. The first-order valence-corrected chi connectivity index (χ1v) is 3.75. The zero-order valence-corrected chi connectivity index (χ0v) is 6.90. The molecule has 1 rings (SSSR count). The van der Waals surface area contributed by atoms with Gasteiger partial charge in [0.2, 0.25) is 0 Å². The molecule has 0 fully saturated rings. The molecule has 0 bridgehead atoms. The summed E-state index contributed by atoms with van der Waals surface area (Å²) < 4.78 is 0. The number of nitrogens with zero attached hydrogens (tertiary/aromatic N) is 1. The molecule has 0 aliphatic rings. The van der Waals surface area contributed by atoms with Gasteiger partial charge in [0.1, 0.15) is 0 Å². The molecule has 0 aromatic carbocycles. The van der Waals surface area contributed by atoms with Crippen LogP contribution in [-0.4, -0.2) is 4.98 Å². The second kappa shape index (κ2) is 4.29. The molecule has 1 nitrogen and oxygen atoms in total. The van der Waals surface area contributed by atoms with Crippen LogP contribution in [0.5, 0.6) is 0 Å². The molecule has 1 aromatic rings. The lowest BCUT2D eigenvalue weighted by molar-refractivity contribution is 1.28. The van der Waals surface area contributed by atoms with E-state index in [2.05, 4.69) is 18.1 Å². The van der Waals surface area contributed by atoms with E-state index in [1.165, 1.54) is 0 Å². The molecule has 1 aromatic heterocycles. The molecule has 0 radical (unpaired) electrons. The summed E-state index contributed by atoms with van der Waals surface area (Å²) in [4.78, 5) is 4.15. The Morgan fingerprint density at radius 3 is 2.83 bits per heavy atom. The van der Waals surface area contributed by atoms with Crippen molar-refractivity contribution in [2.75, 3.05) is 0 Å². The predicted octanol–water partition coefficient (Wildman–Crippen LogP) is 2.92. The van der Waals surface area contributed by atoms with Crippen LogP contribution in [-0.2, 0) is 0 Å². The lowest BCUT2D eigenvalue weighted by Gasteiger charge is -1.96. The van der Waals surface area contributed by atoms with Gasteiger partial charge < -0.3 is 0 Å². The van der Waals surface area contributed by atoms with Gasteiger partial charge in [-0.3, -0.25) is 4.98 Å². The van der Waals surface area contributed by atoms with Crippen molar-refractivity contribution in [2.45, 2.75) is 0 Å². The summed E-state index contributed by atoms with van der Waals surface area (Å²) in [7, 11) is 0. The number of rotatable bonds is 3. The van der Waals surface area contributed by atoms with Crippen molar-refractivity contribution in [1.29, 1.82) is 0 Å². The van der Waals surface area contributed by atoms with Crippen LogP contribution in [0.25, 0.3) is 12.2 Å². The van der Waals surface area contributed by atoms with Crippen LogP contribution in [0.3, 0.4) is 0 Å². The maximum Gasteiger partial charge on any atom is 0.0696 e. The summed E-state index contributed by atoms with van der Waals surface area (Å²) >= 11 is 0. The highest BCUT2D eigenvalue weighted by molar-refractivity contribution is 5.61. The summed E-state index contributed by atoms with van der Waals surface area (Å²) in [5.74, 6) is 0. The molecule has 0 saturated carbocycles. The third kappa shape index (κ3) is 1.92. The molecule has 0 saturated heterocycles. The van der Waals surface area contributed by atoms with Gasteiger partial charge in [-0.15, -0.1) is 0 Å². The fraction of sp³-hybridized carbons (Fsp3) is 0. The molecule has 12 heavy (non-hydrogen) atoms. The van der Waals surface area contributed by atoms with Gasteiger partial charge >= 0.3 is 0 Å². The van der Waals surface area contributed by atoms with Crippen molar-refractivity contribution in [3.05, 3.63) is 54.9 Å².